The van der Waals surface area contributed by atoms with Crippen LogP contribution < -0.4 is 0 Å². The van der Waals surface area contributed by atoms with Crippen LogP contribution >= 0.6 is 0 Å². The lowest BCUT2D eigenvalue weighted by Crippen LogP contribution is -2.41. The first-order chi connectivity index (χ1) is 10.9. The lowest BCUT2D eigenvalue weighted by molar-refractivity contribution is -0.140. The fraction of sp³-hybridized carbons (Fsp3) is 0.688. The number of amides is 1. The Balaban J connectivity index is 2.39. The molecule has 1 aliphatic heterocycles. The van der Waals surface area contributed by atoms with Crippen LogP contribution in [-0.4, -0.2) is 49.3 Å². The molecule has 1 aliphatic carbocycles. The molecule has 0 bridgehead atoms. The minimum atomic E-state index is -3.86. The van der Waals surface area contributed by atoms with Gasteiger partial charge in [-0.05, 0) is 25.2 Å². The van der Waals surface area contributed by atoms with Crippen molar-refractivity contribution >= 4 is 27.7 Å². The number of carbonyl (C=O) groups is 3. The third kappa shape index (κ3) is 3.24. The summed E-state index contributed by atoms with van der Waals surface area (Å²) in [6, 6.07) is -0.852. The molecule has 1 heterocycles. The zero-order chi connectivity index (χ0) is 18.3. The number of hydrogen-bond donors (Lipinski definition) is 0. The summed E-state index contributed by atoms with van der Waals surface area (Å²) < 4.78 is 29.7. The van der Waals surface area contributed by atoms with E-state index in [0.29, 0.717) is 6.42 Å². The van der Waals surface area contributed by atoms with E-state index in [1.54, 1.807) is 6.92 Å². The zero-order valence-corrected chi connectivity index (χ0v) is 15.2. The summed E-state index contributed by atoms with van der Waals surface area (Å²) in [5.74, 6) is -1.52. The molecule has 0 aromatic rings. The van der Waals surface area contributed by atoms with Gasteiger partial charge in [0.1, 0.15) is 11.2 Å². The minimum absolute atomic E-state index is 0.0665. The van der Waals surface area contributed by atoms with Gasteiger partial charge in [-0.25, -0.2) is 17.5 Å². The molecule has 1 spiro atoms. The molecule has 0 aromatic heterocycles. The van der Waals surface area contributed by atoms with Crippen LogP contribution in [0.3, 0.4) is 0 Å². The summed E-state index contributed by atoms with van der Waals surface area (Å²) in [5.41, 5.74) is -1.66. The van der Waals surface area contributed by atoms with Gasteiger partial charge < -0.3 is 4.74 Å². The van der Waals surface area contributed by atoms with Crippen molar-refractivity contribution in [1.29, 1.82) is 0 Å². The predicted octanol–water partition coefficient (Wildman–Crippen LogP) is 1.04. The maximum atomic E-state index is 12.8. The normalized spacial score (nSPS) is 29.8. The molecule has 8 heteroatoms. The second-order valence-electron chi connectivity index (χ2n) is 7.27. The summed E-state index contributed by atoms with van der Waals surface area (Å²) in [6.45, 7) is 5.63. The van der Waals surface area contributed by atoms with Crippen LogP contribution in [0.2, 0.25) is 0 Å². The van der Waals surface area contributed by atoms with Crippen molar-refractivity contribution in [3.8, 4) is 0 Å². The number of esters is 1. The van der Waals surface area contributed by atoms with E-state index in [9.17, 15) is 22.8 Å². The van der Waals surface area contributed by atoms with Crippen LogP contribution in [0, 0.1) is 10.8 Å². The van der Waals surface area contributed by atoms with Crippen LogP contribution in [0.25, 0.3) is 0 Å². The number of hydrogen-bond acceptors (Lipinski definition) is 6. The third-order valence-corrected chi connectivity index (χ3v) is 5.67. The van der Waals surface area contributed by atoms with Gasteiger partial charge in [0.2, 0.25) is 15.9 Å². The first kappa shape index (κ1) is 18.6. The highest BCUT2D eigenvalue weighted by atomic mass is 32.2. The summed E-state index contributed by atoms with van der Waals surface area (Å²) in [7, 11) is -3.86. The summed E-state index contributed by atoms with van der Waals surface area (Å²) in [6.07, 6.45) is 4.00. The highest BCUT2D eigenvalue weighted by Crippen LogP contribution is 2.54. The number of ketones is 1. The molecular formula is C16H23NO6S. The molecule has 7 nitrogen and oxygen atoms in total. The molecule has 2 atom stereocenters. The van der Waals surface area contributed by atoms with E-state index in [2.05, 4.69) is 0 Å². The molecule has 1 saturated heterocycles. The maximum Gasteiger partial charge on any atom is 0.330 e. The quantitative estimate of drug-likeness (QED) is 0.424. The highest BCUT2D eigenvalue weighted by Gasteiger charge is 2.63. The van der Waals surface area contributed by atoms with E-state index in [1.807, 2.05) is 13.8 Å². The molecule has 0 unspecified atom stereocenters. The Morgan fingerprint density at radius 1 is 1.38 bits per heavy atom. The van der Waals surface area contributed by atoms with Gasteiger partial charge in [-0.1, -0.05) is 19.9 Å². The molecule has 2 aliphatic rings. The lowest BCUT2D eigenvalue weighted by atomic mass is 9.79. The molecule has 24 heavy (non-hydrogen) atoms. The molecule has 1 saturated carbocycles. The SMILES string of the molecule is CCOC(=O)/C=C/[C@H]1C[C@]2(CC(C)(C)CC2=O)C(=O)N1S(C)(=O)=O. The Bertz CT molecular complexity index is 708. The van der Waals surface area contributed by atoms with Crippen LogP contribution in [0.1, 0.15) is 40.0 Å². The standard InChI is InChI=1S/C16H23NO6S/c1-5-23-13(19)7-6-11-8-16(10-15(2,3)9-12(16)18)14(20)17(11)24(4,21)22/h6-7,11H,5,8-10H2,1-4H3/b7-6+/t11-,16+/m0/s1. The second kappa shape index (κ2) is 5.98. The molecule has 1 amide bonds. The molecule has 0 N–H and O–H groups in total. The fourth-order valence-corrected chi connectivity index (χ4v) is 4.89. The van der Waals surface area contributed by atoms with Crippen LogP contribution in [0.4, 0.5) is 0 Å². The zero-order valence-electron chi connectivity index (χ0n) is 14.4. The average Bonchev–Trinajstić information content (AvgIpc) is 2.81. The Kier molecular flexibility index (Phi) is 4.65. The van der Waals surface area contributed by atoms with Crippen molar-refractivity contribution in [2.24, 2.45) is 10.8 Å². The van der Waals surface area contributed by atoms with E-state index in [4.69, 9.17) is 4.74 Å². The number of sulfonamides is 1. The largest absolute Gasteiger partial charge is 0.463 e. The van der Waals surface area contributed by atoms with Crippen molar-refractivity contribution in [3.63, 3.8) is 0 Å². The number of rotatable bonds is 4. The maximum absolute atomic E-state index is 12.8. The third-order valence-electron chi connectivity index (χ3n) is 4.52. The van der Waals surface area contributed by atoms with Crippen LogP contribution in [0.15, 0.2) is 12.2 Å². The average molecular weight is 357 g/mol. The van der Waals surface area contributed by atoms with Gasteiger partial charge >= 0.3 is 5.97 Å². The summed E-state index contributed by atoms with van der Waals surface area (Å²) in [5, 5.41) is 0. The van der Waals surface area contributed by atoms with Gasteiger partial charge in [0.05, 0.1) is 18.9 Å². The smallest absolute Gasteiger partial charge is 0.330 e. The predicted molar refractivity (Wildman–Crippen MR) is 86.3 cm³/mol. The van der Waals surface area contributed by atoms with Crippen LogP contribution in [-0.2, 0) is 29.1 Å². The van der Waals surface area contributed by atoms with Crippen molar-refractivity contribution in [3.05, 3.63) is 12.2 Å². The number of nitrogens with zero attached hydrogens (tertiary/aromatic N) is 1. The Labute approximate surface area is 142 Å². The van der Waals surface area contributed by atoms with E-state index in [-0.39, 0.29) is 30.6 Å². The van der Waals surface area contributed by atoms with E-state index in [1.165, 1.54) is 6.08 Å². The Hall–Kier alpha value is -1.70. The van der Waals surface area contributed by atoms with Crippen molar-refractivity contribution in [2.75, 3.05) is 12.9 Å². The van der Waals surface area contributed by atoms with Gasteiger partial charge in [-0.15, -0.1) is 0 Å². The van der Waals surface area contributed by atoms with Crippen molar-refractivity contribution in [2.45, 2.75) is 46.1 Å². The number of Topliss-reactive ketones (excluding diaryl/α,β-unsaturated/α-hetero) is 1. The summed E-state index contributed by atoms with van der Waals surface area (Å²) in [4.78, 5) is 36.8. The Morgan fingerprint density at radius 3 is 2.46 bits per heavy atom. The van der Waals surface area contributed by atoms with E-state index < -0.39 is 33.4 Å². The Morgan fingerprint density at radius 2 is 2.00 bits per heavy atom. The van der Waals surface area contributed by atoms with Gasteiger partial charge in [0.25, 0.3) is 0 Å². The summed E-state index contributed by atoms with van der Waals surface area (Å²) >= 11 is 0. The molecular weight excluding hydrogens is 334 g/mol. The monoisotopic (exact) mass is 357 g/mol. The fourth-order valence-electron chi connectivity index (χ4n) is 3.77. The topological polar surface area (TPSA) is 97.8 Å². The molecule has 2 fully saturated rings. The van der Waals surface area contributed by atoms with Gasteiger partial charge in [0, 0.05) is 12.5 Å². The molecule has 2 rings (SSSR count). The molecule has 0 aromatic carbocycles. The van der Waals surface area contributed by atoms with Crippen molar-refractivity contribution < 1.29 is 27.5 Å². The van der Waals surface area contributed by atoms with Crippen LogP contribution in [0.5, 0.6) is 0 Å². The van der Waals surface area contributed by atoms with E-state index in [0.717, 1.165) is 16.6 Å². The van der Waals surface area contributed by atoms with E-state index >= 15 is 0 Å². The lowest BCUT2D eigenvalue weighted by Gasteiger charge is -2.22. The van der Waals surface area contributed by atoms with Crippen molar-refractivity contribution in [1.82, 2.24) is 4.31 Å². The first-order valence-corrected chi connectivity index (χ1v) is 9.70. The van der Waals surface area contributed by atoms with Gasteiger partial charge in [0.15, 0.2) is 0 Å². The second-order valence-corrected chi connectivity index (χ2v) is 9.13. The van der Waals surface area contributed by atoms with Gasteiger partial charge in [-0.2, -0.15) is 0 Å². The first-order valence-electron chi connectivity index (χ1n) is 7.85. The highest BCUT2D eigenvalue weighted by molar-refractivity contribution is 7.89. The molecule has 0 radical (unpaired) electrons. The minimum Gasteiger partial charge on any atom is -0.463 e. The number of carbonyl (C=O) groups excluding carboxylic acids is 3. The molecule has 134 valence electrons. The van der Waals surface area contributed by atoms with Gasteiger partial charge in [-0.3, -0.25) is 9.59 Å². The number of ether oxygens (including phenoxy) is 1.